The highest BCUT2D eigenvalue weighted by atomic mass is 16.5. The standard InChI is InChI=1S/C65H55NO/c1-42-38-44(62(2,3)4)21-19-20-43-32-33-45(63(5,6)7)39-57(43)64(42)53-26-13-11-24-49(53)51-36-34-47(40-58(51)64)66(46-22-9-8-10-23-46)48-35-37-52-50-25-12-14-27-54(50)65(59(52)41-48)55-28-15-17-30-60(55)67-61-31-18-16-29-56(61)65/h8-19,21-41H,1,20H2,2-7H3/b21-19-,44-38+. The SMILES string of the molecule is C=C1/C=C(C(C)(C)C)\C=C/Cc2ccc(C(C)(C)C)cc2C12c1ccccc1-c1ccc(N(c3ccccc3)c3ccc4c(c3)C3(c5ccccc5Oc5ccccc53)c3ccccc3-4)cc12. The Morgan fingerprint density at radius 2 is 0.955 bits per heavy atom. The molecule has 2 nitrogen and oxygen atoms in total. The second-order valence-electron chi connectivity index (χ2n) is 20.9. The number of rotatable bonds is 3. The molecule has 4 aliphatic rings. The number of ether oxygens (including phenoxy) is 1. The van der Waals surface area contributed by atoms with Crippen LogP contribution in [0.5, 0.6) is 11.5 Å². The molecule has 0 N–H and O–H groups in total. The van der Waals surface area contributed by atoms with Gasteiger partial charge in [-0.05, 0) is 138 Å². The van der Waals surface area contributed by atoms with Crippen molar-refractivity contribution in [3.63, 3.8) is 0 Å². The minimum absolute atomic E-state index is 0.0543. The summed E-state index contributed by atoms with van der Waals surface area (Å²) in [4.78, 5) is 2.47. The van der Waals surface area contributed by atoms with Gasteiger partial charge in [-0.3, -0.25) is 0 Å². The van der Waals surface area contributed by atoms with Crippen molar-refractivity contribution in [2.45, 2.75) is 64.2 Å². The Kier molecular flexibility index (Phi) is 9.06. The molecule has 0 aromatic heterocycles. The van der Waals surface area contributed by atoms with Crippen molar-refractivity contribution >= 4 is 17.1 Å². The molecule has 1 atom stereocenters. The van der Waals surface area contributed by atoms with E-state index in [1.54, 1.807) is 0 Å². The Morgan fingerprint density at radius 1 is 0.448 bits per heavy atom. The summed E-state index contributed by atoms with van der Waals surface area (Å²) in [7, 11) is 0. The van der Waals surface area contributed by atoms with E-state index < -0.39 is 10.8 Å². The molecular formula is C65H55NO. The highest BCUT2D eigenvalue weighted by molar-refractivity contribution is 5.93. The molecule has 1 heterocycles. The molecule has 3 aliphatic carbocycles. The summed E-state index contributed by atoms with van der Waals surface area (Å²) in [6, 6.07) is 67.8. The predicted molar refractivity (Wildman–Crippen MR) is 278 cm³/mol. The van der Waals surface area contributed by atoms with Crippen molar-refractivity contribution < 1.29 is 4.74 Å². The summed E-state index contributed by atoms with van der Waals surface area (Å²) in [5, 5.41) is 0. The number of nitrogens with zero attached hydrogens (tertiary/aromatic N) is 1. The molecule has 1 aliphatic heterocycles. The summed E-state index contributed by atoms with van der Waals surface area (Å²) >= 11 is 0. The smallest absolute Gasteiger partial charge is 0.132 e. The number of para-hydroxylation sites is 3. The minimum atomic E-state index is -0.664. The number of allylic oxidation sites excluding steroid dienone is 5. The van der Waals surface area contributed by atoms with Crippen LogP contribution in [0.4, 0.5) is 17.1 Å². The summed E-state index contributed by atoms with van der Waals surface area (Å²) < 4.78 is 6.72. The van der Waals surface area contributed by atoms with Gasteiger partial charge in [0.25, 0.3) is 0 Å². The Bertz CT molecular complexity index is 3360. The summed E-state index contributed by atoms with van der Waals surface area (Å²) in [5.74, 6) is 1.78. The zero-order valence-electron chi connectivity index (χ0n) is 39.3. The van der Waals surface area contributed by atoms with E-state index >= 15 is 0 Å². The summed E-state index contributed by atoms with van der Waals surface area (Å²) in [6.07, 6.45) is 7.94. The van der Waals surface area contributed by atoms with Crippen LogP contribution >= 0.6 is 0 Å². The average molecular weight is 866 g/mol. The van der Waals surface area contributed by atoms with Crippen LogP contribution in [0, 0.1) is 5.41 Å². The van der Waals surface area contributed by atoms with Crippen LogP contribution in [-0.4, -0.2) is 0 Å². The van der Waals surface area contributed by atoms with E-state index in [-0.39, 0.29) is 10.8 Å². The van der Waals surface area contributed by atoms with Crippen LogP contribution in [-0.2, 0) is 22.7 Å². The largest absolute Gasteiger partial charge is 0.457 e. The highest BCUT2D eigenvalue weighted by Gasteiger charge is 2.52. The number of hydrogen-bond acceptors (Lipinski definition) is 2. The molecule has 0 bridgehead atoms. The quantitative estimate of drug-likeness (QED) is 0.175. The van der Waals surface area contributed by atoms with Crippen LogP contribution in [0.25, 0.3) is 22.3 Å². The lowest BCUT2D eigenvalue weighted by molar-refractivity contribution is 0.436. The van der Waals surface area contributed by atoms with E-state index in [1.165, 1.54) is 66.8 Å². The maximum atomic E-state index is 6.72. The van der Waals surface area contributed by atoms with E-state index in [9.17, 15) is 0 Å². The molecule has 1 unspecified atom stereocenters. The van der Waals surface area contributed by atoms with Gasteiger partial charge in [-0.1, -0.05) is 200 Å². The highest BCUT2D eigenvalue weighted by Crippen LogP contribution is 2.63. The van der Waals surface area contributed by atoms with Crippen LogP contribution in [0.15, 0.2) is 218 Å². The third kappa shape index (κ3) is 5.95. The van der Waals surface area contributed by atoms with Crippen molar-refractivity contribution in [1.29, 1.82) is 0 Å². The topological polar surface area (TPSA) is 12.5 Å². The van der Waals surface area contributed by atoms with Crippen molar-refractivity contribution in [2.75, 3.05) is 4.90 Å². The van der Waals surface area contributed by atoms with Gasteiger partial charge in [0.05, 0.1) is 10.8 Å². The predicted octanol–water partition coefficient (Wildman–Crippen LogP) is 16.9. The van der Waals surface area contributed by atoms with Gasteiger partial charge in [-0.25, -0.2) is 0 Å². The van der Waals surface area contributed by atoms with Crippen molar-refractivity contribution in [3.8, 4) is 33.8 Å². The zero-order valence-corrected chi connectivity index (χ0v) is 39.3. The lowest BCUT2D eigenvalue weighted by Gasteiger charge is -2.40. The van der Waals surface area contributed by atoms with Gasteiger partial charge in [-0.15, -0.1) is 0 Å². The Morgan fingerprint density at radius 3 is 1.54 bits per heavy atom. The molecule has 8 aromatic carbocycles. The van der Waals surface area contributed by atoms with E-state index in [1.807, 2.05) is 0 Å². The molecule has 0 saturated carbocycles. The minimum Gasteiger partial charge on any atom is -0.457 e. The first-order chi connectivity index (χ1) is 32.4. The molecule has 326 valence electrons. The Hall–Kier alpha value is -7.42. The monoisotopic (exact) mass is 865 g/mol. The number of hydrogen-bond donors (Lipinski definition) is 0. The van der Waals surface area contributed by atoms with Crippen LogP contribution in [0.1, 0.15) is 91.6 Å². The first kappa shape index (κ1) is 41.0. The van der Waals surface area contributed by atoms with Gasteiger partial charge in [0.2, 0.25) is 0 Å². The first-order valence-electron chi connectivity index (χ1n) is 23.8. The fourth-order valence-corrected chi connectivity index (χ4v) is 11.9. The molecule has 67 heavy (non-hydrogen) atoms. The summed E-state index contributed by atoms with van der Waals surface area (Å²) in [6.45, 7) is 19.1. The molecule has 0 radical (unpaired) electrons. The maximum absolute atomic E-state index is 6.72. The van der Waals surface area contributed by atoms with E-state index in [4.69, 9.17) is 11.3 Å². The fourth-order valence-electron chi connectivity index (χ4n) is 11.9. The third-order valence-electron chi connectivity index (χ3n) is 15.1. The van der Waals surface area contributed by atoms with Gasteiger partial charge in [-0.2, -0.15) is 0 Å². The van der Waals surface area contributed by atoms with Gasteiger partial charge < -0.3 is 9.64 Å². The number of anilines is 3. The summed E-state index contributed by atoms with van der Waals surface area (Å²) in [5.41, 5.74) is 20.6. The normalized spacial score (nSPS) is 18.4. The van der Waals surface area contributed by atoms with Gasteiger partial charge in [0, 0.05) is 28.2 Å². The van der Waals surface area contributed by atoms with Gasteiger partial charge >= 0.3 is 0 Å². The van der Waals surface area contributed by atoms with Crippen LogP contribution < -0.4 is 9.64 Å². The Labute approximate surface area is 396 Å². The fraction of sp³-hybridized carbons (Fsp3) is 0.169. The van der Waals surface area contributed by atoms with Gasteiger partial charge in [0.1, 0.15) is 11.5 Å². The zero-order chi connectivity index (χ0) is 45.9. The first-order valence-corrected chi connectivity index (χ1v) is 23.8. The molecule has 0 fully saturated rings. The lowest BCUT2D eigenvalue weighted by Crippen LogP contribution is -2.32. The molecule has 8 aromatic rings. The average Bonchev–Trinajstić information content (AvgIpc) is 3.80. The van der Waals surface area contributed by atoms with Crippen LogP contribution in [0.3, 0.4) is 0 Å². The van der Waals surface area contributed by atoms with Gasteiger partial charge in [0.15, 0.2) is 0 Å². The second kappa shape index (κ2) is 14.8. The number of fused-ring (bicyclic) bond motifs is 16. The molecule has 0 saturated heterocycles. The second-order valence-corrected chi connectivity index (χ2v) is 20.9. The molecule has 2 heteroatoms. The maximum Gasteiger partial charge on any atom is 0.132 e. The Balaban J connectivity index is 1.14. The van der Waals surface area contributed by atoms with Crippen molar-refractivity contribution in [3.05, 3.63) is 268 Å². The van der Waals surface area contributed by atoms with E-state index in [0.29, 0.717) is 0 Å². The van der Waals surface area contributed by atoms with E-state index in [2.05, 4.69) is 247 Å². The molecule has 0 amide bonds. The molecule has 12 rings (SSSR count). The molecule has 2 spiro atoms. The lowest BCUT2D eigenvalue weighted by atomic mass is 9.64. The van der Waals surface area contributed by atoms with Crippen molar-refractivity contribution in [1.82, 2.24) is 0 Å². The third-order valence-corrected chi connectivity index (χ3v) is 15.1. The molecular weight excluding hydrogens is 811 g/mol. The number of benzene rings is 8. The van der Waals surface area contributed by atoms with Crippen molar-refractivity contribution in [2.24, 2.45) is 5.41 Å². The van der Waals surface area contributed by atoms with E-state index in [0.717, 1.165) is 51.7 Å². The van der Waals surface area contributed by atoms with Crippen LogP contribution in [0.2, 0.25) is 0 Å².